The van der Waals surface area contributed by atoms with Crippen molar-refractivity contribution in [3.63, 3.8) is 0 Å². The zero-order valence-electron chi connectivity index (χ0n) is 10.4. The molecule has 0 radical (unpaired) electrons. The maximum Gasteiger partial charge on any atom is 0.314 e. The predicted molar refractivity (Wildman–Crippen MR) is 68.1 cm³/mol. The number of hydrogen-bond donors (Lipinski definition) is 1. The number of aryl methyl sites for hydroxylation is 1. The van der Waals surface area contributed by atoms with Crippen molar-refractivity contribution in [3.05, 3.63) is 29.8 Å². The minimum atomic E-state index is -0.316. The molecule has 96 valence electrons. The molecule has 0 aromatic heterocycles. The third-order valence-electron chi connectivity index (χ3n) is 3.20. The molecule has 0 spiro atoms. The van der Waals surface area contributed by atoms with E-state index in [1.165, 1.54) is 0 Å². The van der Waals surface area contributed by atoms with Crippen LogP contribution < -0.4 is 4.74 Å². The zero-order chi connectivity index (χ0) is 13.0. The molecule has 0 saturated carbocycles. The second-order valence-electron chi connectivity index (χ2n) is 4.38. The van der Waals surface area contributed by atoms with Crippen molar-refractivity contribution < 1.29 is 14.3 Å². The maximum absolute atomic E-state index is 11.3. The average molecular weight is 247 g/mol. The lowest BCUT2D eigenvalue weighted by molar-refractivity contribution is -0.139. The average Bonchev–Trinajstić information content (AvgIpc) is 2.83. The number of cyclic esters (lactones) is 1. The zero-order valence-corrected chi connectivity index (χ0v) is 10.4. The number of carbonyl (C=O) groups is 1. The Labute approximate surface area is 106 Å². The van der Waals surface area contributed by atoms with E-state index in [0.29, 0.717) is 25.2 Å². The lowest BCUT2D eigenvalue weighted by atomic mass is 9.96. The van der Waals surface area contributed by atoms with Crippen LogP contribution in [-0.4, -0.2) is 25.4 Å². The minimum absolute atomic E-state index is 0.241. The summed E-state index contributed by atoms with van der Waals surface area (Å²) in [6.45, 7) is 0.453. The second-order valence-corrected chi connectivity index (χ2v) is 4.38. The largest absolute Gasteiger partial charge is 0.497 e. The quantitative estimate of drug-likeness (QED) is 0.641. The fourth-order valence-electron chi connectivity index (χ4n) is 2.06. The minimum Gasteiger partial charge on any atom is -0.497 e. The SMILES string of the molecule is COc1ccc(CCC(=N)C2CCOC2=O)cc1. The van der Waals surface area contributed by atoms with Crippen LogP contribution in [0.2, 0.25) is 0 Å². The van der Waals surface area contributed by atoms with Crippen molar-refractivity contribution in [3.8, 4) is 5.75 Å². The molecule has 1 aromatic rings. The van der Waals surface area contributed by atoms with E-state index in [-0.39, 0.29) is 11.9 Å². The van der Waals surface area contributed by atoms with Crippen LogP contribution in [0, 0.1) is 11.3 Å². The van der Waals surface area contributed by atoms with E-state index in [2.05, 4.69) is 0 Å². The van der Waals surface area contributed by atoms with Gasteiger partial charge in [0.25, 0.3) is 0 Å². The van der Waals surface area contributed by atoms with Gasteiger partial charge in [-0.15, -0.1) is 0 Å². The summed E-state index contributed by atoms with van der Waals surface area (Å²) >= 11 is 0. The van der Waals surface area contributed by atoms with E-state index in [1.807, 2.05) is 24.3 Å². The van der Waals surface area contributed by atoms with Gasteiger partial charge in [0, 0.05) is 12.1 Å². The molecule has 4 heteroatoms. The molecule has 0 bridgehead atoms. The number of methoxy groups -OCH3 is 1. The predicted octanol–water partition coefficient (Wildman–Crippen LogP) is 2.21. The first-order chi connectivity index (χ1) is 8.70. The molecule has 0 amide bonds. The molecule has 4 nitrogen and oxygen atoms in total. The molecule has 0 aliphatic carbocycles. The standard InChI is InChI=1S/C14H17NO3/c1-17-11-5-2-10(3-6-11)4-7-13(15)12-8-9-18-14(12)16/h2-3,5-6,12,15H,4,7-9H2,1H3. The highest BCUT2D eigenvalue weighted by Crippen LogP contribution is 2.19. The fourth-order valence-corrected chi connectivity index (χ4v) is 2.06. The highest BCUT2D eigenvalue weighted by Gasteiger charge is 2.29. The fraction of sp³-hybridized carbons (Fsp3) is 0.429. The molecule has 1 aliphatic rings. The summed E-state index contributed by atoms with van der Waals surface area (Å²) in [4.78, 5) is 11.3. The lowest BCUT2D eigenvalue weighted by Gasteiger charge is -2.08. The Kier molecular flexibility index (Phi) is 3.97. The highest BCUT2D eigenvalue weighted by molar-refractivity contribution is 6.01. The first-order valence-corrected chi connectivity index (χ1v) is 6.07. The van der Waals surface area contributed by atoms with E-state index in [1.54, 1.807) is 7.11 Å². The van der Waals surface area contributed by atoms with Gasteiger partial charge in [-0.1, -0.05) is 12.1 Å². The second kappa shape index (κ2) is 5.67. The van der Waals surface area contributed by atoms with Crippen molar-refractivity contribution in [2.75, 3.05) is 13.7 Å². The number of rotatable bonds is 5. The smallest absolute Gasteiger partial charge is 0.314 e. The molecule has 18 heavy (non-hydrogen) atoms. The third kappa shape index (κ3) is 2.88. The van der Waals surface area contributed by atoms with Crippen LogP contribution in [0.1, 0.15) is 18.4 Å². The number of hydrogen-bond acceptors (Lipinski definition) is 4. The Hall–Kier alpha value is -1.84. The number of nitrogens with one attached hydrogen (secondary N) is 1. The number of benzene rings is 1. The van der Waals surface area contributed by atoms with E-state index in [4.69, 9.17) is 14.9 Å². The Morgan fingerprint density at radius 1 is 1.44 bits per heavy atom. The molecule has 1 unspecified atom stereocenters. The monoisotopic (exact) mass is 247 g/mol. The van der Waals surface area contributed by atoms with Crippen molar-refractivity contribution in [1.82, 2.24) is 0 Å². The Bertz CT molecular complexity index is 439. The van der Waals surface area contributed by atoms with Crippen LogP contribution in [0.15, 0.2) is 24.3 Å². The third-order valence-corrected chi connectivity index (χ3v) is 3.20. The van der Waals surface area contributed by atoms with Gasteiger partial charge in [0.05, 0.1) is 19.6 Å². The molecule has 1 aliphatic heterocycles. The summed E-state index contributed by atoms with van der Waals surface area (Å²) in [5.41, 5.74) is 1.63. The van der Waals surface area contributed by atoms with E-state index in [0.717, 1.165) is 17.7 Å². The van der Waals surface area contributed by atoms with E-state index < -0.39 is 0 Å². The maximum atomic E-state index is 11.3. The highest BCUT2D eigenvalue weighted by atomic mass is 16.5. The van der Waals surface area contributed by atoms with Gasteiger partial charge in [-0.2, -0.15) is 0 Å². The molecule has 1 atom stereocenters. The van der Waals surface area contributed by atoms with Gasteiger partial charge in [0.15, 0.2) is 0 Å². The van der Waals surface area contributed by atoms with E-state index in [9.17, 15) is 4.79 Å². The summed E-state index contributed by atoms with van der Waals surface area (Å²) in [6.07, 6.45) is 2.03. The van der Waals surface area contributed by atoms with Gasteiger partial charge in [-0.3, -0.25) is 4.79 Å². The molecule has 1 saturated heterocycles. The van der Waals surface area contributed by atoms with Gasteiger partial charge in [-0.25, -0.2) is 0 Å². The summed E-state index contributed by atoms with van der Waals surface area (Å²) in [7, 11) is 1.64. The van der Waals surface area contributed by atoms with E-state index >= 15 is 0 Å². The Balaban J connectivity index is 1.86. The summed E-state index contributed by atoms with van der Waals surface area (Å²) in [6, 6.07) is 7.78. The Morgan fingerprint density at radius 3 is 2.72 bits per heavy atom. The molecule has 1 fully saturated rings. The molecular formula is C14H17NO3. The van der Waals surface area contributed by atoms with Crippen molar-refractivity contribution in [2.45, 2.75) is 19.3 Å². The number of esters is 1. The van der Waals surface area contributed by atoms with Crippen LogP contribution >= 0.6 is 0 Å². The molecular weight excluding hydrogens is 230 g/mol. The normalized spacial score (nSPS) is 18.5. The summed E-state index contributed by atoms with van der Waals surface area (Å²) in [5, 5.41) is 7.92. The van der Waals surface area contributed by atoms with Crippen LogP contribution in [0.5, 0.6) is 5.75 Å². The van der Waals surface area contributed by atoms with Gasteiger partial charge in [0.1, 0.15) is 5.75 Å². The molecule has 1 N–H and O–H groups in total. The van der Waals surface area contributed by atoms with Gasteiger partial charge in [0.2, 0.25) is 0 Å². The van der Waals surface area contributed by atoms with Gasteiger partial charge >= 0.3 is 5.97 Å². The van der Waals surface area contributed by atoms with Gasteiger partial charge < -0.3 is 14.9 Å². The lowest BCUT2D eigenvalue weighted by Crippen LogP contribution is -2.19. The molecule has 1 heterocycles. The van der Waals surface area contributed by atoms with Gasteiger partial charge in [-0.05, 0) is 30.5 Å². The summed E-state index contributed by atoms with van der Waals surface area (Å²) < 4.78 is 9.96. The topological polar surface area (TPSA) is 59.4 Å². The first-order valence-electron chi connectivity index (χ1n) is 6.07. The molecule has 1 aromatic carbocycles. The van der Waals surface area contributed by atoms with Crippen LogP contribution in [0.25, 0.3) is 0 Å². The number of carbonyl (C=O) groups excluding carboxylic acids is 1. The van der Waals surface area contributed by atoms with Crippen molar-refractivity contribution in [2.24, 2.45) is 5.92 Å². The van der Waals surface area contributed by atoms with Crippen LogP contribution in [-0.2, 0) is 16.0 Å². The van der Waals surface area contributed by atoms with Crippen molar-refractivity contribution in [1.29, 1.82) is 5.41 Å². The molecule has 2 rings (SSSR count). The van der Waals surface area contributed by atoms with Crippen molar-refractivity contribution >= 4 is 11.7 Å². The summed E-state index contributed by atoms with van der Waals surface area (Å²) in [5.74, 6) is 0.270. The first kappa shape index (κ1) is 12.6. The Morgan fingerprint density at radius 2 is 2.17 bits per heavy atom. The number of ether oxygens (including phenoxy) is 2. The van der Waals surface area contributed by atoms with Crippen LogP contribution in [0.3, 0.4) is 0 Å². The van der Waals surface area contributed by atoms with Crippen LogP contribution in [0.4, 0.5) is 0 Å².